The third-order valence-electron chi connectivity index (χ3n) is 2.66. The maximum atomic E-state index is 13.7. The molecule has 0 spiro atoms. The van der Waals surface area contributed by atoms with Crippen LogP contribution in [0.4, 0.5) is 4.39 Å². The van der Waals surface area contributed by atoms with Crippen LogP contribution >= 0.6 is 0 Å². The lowest BCUT2D eigenvalue weighted by Crippen LogP contribution is -2.22. The number of halogens is 1. The summed E-state index contributed by atoms with van der Waals surface area (Å²) in [6, 6.07) is 5.81. The Morgan fingerprint density at radius 3 is 2.90 bits per heavy atom. The fraction of sp³-hybridized carbons (Fsp3) is 0.200. The highest BCUT2D eigenvalue weighted by Crippen LogP contribution is 2.10. The third-order valence-corrected chi connectivity index (χ3v) is 2.66. The number of rotatable bonds is 3. The average Bonchev–Trinajstić information content (AvgIpc) is 2.89. The molecule has 0 fully saturated rings. The van der Waals surface area contributed by atoms with Crippen LogP contribution in [-0.4, -0.2) is 17.6 Å². The highest BCUT2D eigenvalue weighted by atomic mass is 19.1. The van der Waals surface area contributed by atoms with E-state index in [2.05, 4.69) is 22.3 Å². The van der Waals surface area contributed by atoms with E-state index >= 15 is 0 Å². The number of aromatic nitrogens is 1. The Balaban J connectivity index is 2.04. The summed E-state index contributed by atoms with van der Waals surface area (Å²) in [6.45, 7) is 2.12. The molecule has 0 atom stereocenters. The summed E-state index contributed by atoms with van der Waals surface area (Å²) in [7, 11) is 0. The molecule has 108 valence electrons. The molecule has 0 saturated carbocycles. The van der Waals surface area contributed by atoms with Crippen molar-refractivity contribution in [2.45, 2.75) is 13.5 Å². The average molecular weight is 287 g/mol. The third kappa shape index (κ3) is 3.91. The summed E-state index contributed by atoms with van der Waals surface area (Å²) in [5.41, 5.74) is 6.38. The zero-order chi connectivity index (χ0) is 15.2. The molecular weight excluding hydrogens is 273 g/mol. The second kappa shape index (κ2) is 6.68. The molecule has 0 aliphatic rings. The van der Waals surface area contributed by atoms with E-state index in [0.29, 0.717) is 5.76 Å². The number of carbonyl (C=O) groups is 1. The van der Waals surface area contributed by atoms with Crippen LogP contribution in [0.2, 0.25) is 0 Å². The Morgan fingerprint density at radius 2 is 2.29 bits per heavy atom. The summed E-state index contributed by atoms with van der Waals surface area (Å²) >= 11 is 0. The minimum absolute atomic E-state index is 0.151. The number of hydrogen-bond acceptors (Lipinski definition) is 4. The molecule has 0 unspecified atom stereocenters. The van der Waals surface area contributed by atoms with Crippen LogP contribution in [0.5, 0.6) is 0 Å². The molecule has 1 aromatic carbocycles. The van der Waals surface area contributed by atoms with E-state index in [-0.39, 0.29) is 24.2 Å². The first-order chi connectivity index (χ1) is 10.1. The van der Waals surface area contributed by atoms with Crippen molar-refractivity contribution in [1.82, 2.24) is 10.5 Å². The highest BCUT2D eigenvalue weighted by Gasteiger charge is 2.10. The number of nitrogens with one attached hydrogen (secondary N) is 1. The Hall–Kier alpha value is -2.65. The second-order valence-electron chi connectivity index (χ2n) is 4.32. The van der Waals surface area contributed by atoms with Gasteiger partial charge in [-0.05, 0) is 25.1 Å². The predicted molar refractivity (Wildman–Crippen MR) is 74.7 cm³/mol. The van der Waals surface area contributed by atoms with E-state index in [1.165, 1.54) is 12.1 Å². The zero-order valence-corrected chi connectivity index (χ0v) is 11.4. The van der Waals surface area contributed by atoms with Gasteiger partial charge >= 0.3 is 0 Å². The molecule has 5 nitrogen and oxygen atoms in total. The summed E-state index contributed by atoms with van der Waals surface area (Å²) in [5, 5.41) is 6.33. The molecule has 2 aromatic rings. The standard InChI is InChI=1S/C15H14FN3O2/c1-10-7-13(21-19-10)9-18-15(20)12-5-4-11(3-2-6-17)14(16)8-12/h4-5,7-8H,6,9,17H2,1H3,(H,18,20). The van der Waals surface area contributed by atoms with E-state index in [1.54, 1.807) is 13.0 Å². The van der Waals surface area contributed by atoms with Crippen LogP contribution in [0.3, 0.4) is 0 Å². The lowest BCUT2D eigenvalue weighted by atomic mass is 10.1. The van der Waals surface area contributed by atoms with Crippen LogP contribution in [0.1, 0.15) is 27.4 Å². The Morgan fingerprint density at radius 1 is 1.48 bits per heavy atom. The van der Waals surface area contributed by atoms with Crippen LogP contribution in [0, 0.1) is 24.6 Å². The topological polar surface area (TPSA) is 81.2 Å². The molecule has 21 heavy (non-hydrogen) atoms. The van der Waals surface area contributed by atoms with Gasteiger partial charge in [0.15, 0.2) is 5.76 Å². The van der Waals surface area contributed by atoms with Gasteiger partial charge < -0.3 is 15.6 Å². The SMILES string of the molecule is Cc1cc(CNC(=O)c2ccc(C#CCN)c(F)c2)on1. The maximum absolute atomic E-state index is 13.7. The Bertz CT molecular complexity index is 713. The summed E-state index contributed by atoms with van der Waals surface area (Å²) in [5.74, 6) is 4.73. The molecular formula is C15H14FN3O2. The van der Waals surface area contributed by atoms with Gasteiger partial charge in [0.1, 0.15) is 5.82 Å². The van der Waals surface area contributed by atoms with Gasteiger partial charge in [-0.3, -0.25) is 4.79 Å². The molecule has 6 heteroatoms. The summed E-state index contributed by atoms with van der Waals surface area (Å²) in [4.78, 5) is 11.9. The van der Waals surface area contributed by atoms with Crippen molar-refractivity contribution in [2.75, 3.05) is 6.54 Å². The fourth-order valence-electron chi connectivity index (χ4n) is 1.67. The lowest BCUT2D eigenvalue weighted by molar-refractivity contribution is 0.0946. The highest BCUT2D eigenvalue weighted by molar-refractivity contribution is 5.94. The monoisotopic (exact) mass is 287 g/mol. The van der Waals surface area contributed by atoms with Crippen molar-refractivity contribution in [3.8, 4) is 11.8 Å². The van der Waals surface area contributed by atoms with E-state index in [4.69, 9.17) is 10.3 Å². The first-order valence-electron chi connectivity index (χ1n) is 6.29. The number of amides is 1. The smallest absolute Gasteiger partial charge is 0.251 e. The maximum Gasteiger partial charge on any atom is 0.251 e. The van der Waals surface area contributed by atoms with Crippen molar-refractivity contribution < 1.29 is 13.7 Å². The molecule has 1 aromatic heterocycles. The number of benzene rings is 1. The molecule has 2 rings (SSSR count). The van der Waals surface area contributed by atoms with E-state index in [1.807, 2.05) is 0 Å². The van der Waals surface area contributed by atoms with Crippen LogP contribution < -0.4 is 11.1 Å². The summed E-state index contributed by atoms with van der Waals surface area (Å²) < 4.78 is 18.7. The van der Waals surface area contributed by atoms with Crippen molar-refractivity contribution in [2.24, 2.45) is 5.73 Å². The van der Waals surface area contributed by atoms with Gasteiger partial charge in [-0.2, -0.15) is 0 Å². The molecule has 0 saturated heterocycles. The number of nitrogens with zero attached hydrogens (tertiary/aromatic N) is 1. The Kier molecular flexibility index (Phi) is 4.69. The van der Waals surface area contributed by atoms with Crippen LogP contribution in [-0.2, 0) is 6.54 Å². The van der Waals surface area contributed by atoms with Gasteiger partial charge in [0.2, 0.25) is 0 Å². The van der Waals surface area contributed by atoms with Gasteiger partial charge in [0.25, 0.3) is 5.91 Å². The largest absolute Gasteiger partial charge is 0.359 e. The number of carbonyl (C=O) groups excluding carboxylic acids is 1. The molecule has 1 amide bonds. The molecule has 3 N–H and O–H groups in total. The quantitative estimate of drug-likeness (QED) is 0.835. The van der Waals surface area contributed by atoms with Gasteiger partial charge in [-0.15, -0.1) is 0 Å². The number of hydrogen-bond donors (Lipinski definition) is 2. The van der Waals surface area contributed by atoms with Gasteiger partial charge in [0.05, 0.1) is 24.3 Å². The van der Waals surface area contributed by atoms with E-state index in [9.17, 15) is 9.18 Å². The van der Waals surface area contributed by atoms with Gasteiger partial charge in [0, 0.05) is 11.6 Å². The first-order valence-corrected chi connectivity index (χ1v) is 6.29. The molecule has 0 radical (unpaired) electrons. The lowest BCUT2D eigenvalue weighted by Gasteiger charge is -2.04. The van der Waals surface area contributed by atoms with Crippen molar-refractivity contribution >= 4 is 5.91 Å². The minimum atomic E-state index is -0.556. The van der Waals surface area contributed by atoms with Crippen LogP contribution in [0.25, 0.3) is 0 Å². The van der Waals surface area contributed by atoms with E-state index < -0.39 is 11.7 Å². The van der Waals surface area contributed by atoms with Gasteiger partial charge in [-0.25, -0.2) is 4.39 Å². The zero-order valence-electron chi connectivity index (χ0n) is 11.4. The molecule has 0 aliphatic carbocycles. The number of aryl methyl sites for hydroxylation is 1. The Labute approximate surface area is 121 Å². The van der Waals surface area contributed by atoms with E-state index in [0.717, 1.165) is 11.8 Å². The fourth-order valence-corrected chi connectivity index (χ4v) is 1.67. The van der Waals surface area contributed by atoms with Crippen molar-refractivity contribution in [3.63, 3.8) is 0 Å². The molecule has 1 heterocycles. The number of nitrogens with two attached hydrogens (primary N) is 1. The predicted octanol–water partition coefficient (Wildman–Crippen LogP) is 1.36. The minimum Gasteiger partial charge on any atom is -0.359 e. The molecule has 0 aliphatic heterocycles. The molecule has 0 bridgehead atoms. The van der Waals surface area contributed by atoms with Crippen molar-refractivity contribution in [3.05, 3.63) is 52.7 Å². The van der Waals surface area contributed by atoms with Crippen molar-refractivity contribution in [1.29, 1.82) is 0 Å². The van der Waals surface area contributed by atoms with Gasteiger partial charge in [-0.1, -0.05) is 17.0 Å². The first kappa shape index (κ1) is 14.8. The normalized spacial score (nSPS) is 9.86. The summed E-state index contributed by atoms with van der Waals surface area (Å²) in [6.07, 6.45) is 0. The second-order valence-corrected chi connectivity index (χ2v) is 4.32. The van der Waals surface area contributed by atoms with Crippen LogP contribution in [0.15, 0.2) is 28.8 Å².